The number of nitrogens with one attached hydrogen (secondary N) is 1. The number of aryl methyl sites for hydroxylation is 2. The molecule has 0 amide bonds. The van der Waals surface area contributed by atoms with Gasteiger partial charge in [0.1, 0.15) is 0 Å². The number of hydrogen-bond acceptors (Lipinski definition) is 2. The molecule has 0 bridgehead atoms. The van der Waals surface area contributed by atoms with Crippen LogP contribution in [0.3, 0.4) is 0 Å². The van der Waals surface area contributed by atoms with Crippen molar-refractivity contribution >= 4 is 11.6 Å². The summed E-state index contributed by atoms with van der Waals surface area (Å²) in [6.45, 7) is 2.12. The number of halogens is 1. The first-order valence-electron chi connectivity index (χ1n) is 6.59. The predicted octanol–water partition coefficient (Wildman–Crippen LogP) is 3.14. The average Bonchev–Trinajstić information content (AvgIpc) is 2.77. The Morgan fingerprint density at radius 3 is 2.68 bits per heavy atom. The summed E-state index contributed by atoms with van der Waals surface area (Å²) in [5.74, 6) is 0. The van der Waals surface area contributed by atoms with Crippen LogP contribution in [0.5, 0.6) is 0 Å². The van der Waals surface area contributed by atoms with E-state index in [4.69, 9.17) is 11.6 Å². The molecule has 3 nitrogen and oxygen atoms in total. The van der Waals surface area contributed by atoms with Crippen molar-refractivity contribution in [2.75, 3.05) is 7.05 Å². The van der Waals surface area contributed by atoms with Crippen LogP contribution in [-0.2, 0) is 19.9 Å². The number of hydrogen-bond donors (Lipinski definition) is 1. The van der Waals surface area contributed by atoms with Crippen molar-refractivity contribution in [2.45, 2.75) is 25.8 Å². The smallest absolute Gasteiger partial charge is 0.0624 e. The zero-order valence-electron chi connectivity index (χ0n) is 11.7. The van der Waals surface area contributed by atoms with Crippen LogP contribution in [-0.4, -0.2) is 16.8 Å². The average molecular weight is 278 g/mol. The molecule has 1 aromatic heterocycles. The summed E-state index contributed by atoms with van der Waals surface area (Å²) in [5.41, 5.74) is 3.48. The van der Waals surface area contributed by atoms with E-state index in [2.05, 4.69) is 29.5 Å². The van der Waals surface area contributed by atoms with Crippen molar-refractivity contribution in [3.63, 3.8) is 0 Å². The summed E-state index contributed by atoms with van der Waals surface area (Å²) < 4.78 is 1.96. The first-order chi connectivity index (χ1) is 9.15. The molecule has 4 heteroatoms. The fourth-order valence-corrected chi connectivity index (χ4v) is 2.54. The molecule has 2 aromatic rings. The molecule has 1 aromatic carbocycles. The molecule has 0 aliphatic carbocycles. The van der Waals surface area contributed by atoms with Gasteiger partial charge in [-0.15, -0.1) is 0 Å². The van der Waals surface area contributed by atoms with Gasteiger partial charge in [0.15, 0.2) is 0 Å². The zero-order valence-corrected chi connectivity index (χ0v) is 12.4. The fourth-order valence-electron chi connectivity index (χ4n) is 2.27. The molecule has 1 N–H and O–H groups in total. The van der Waals surface area contributed by atoms with E-state index in [1.807, 2.05) is 37.0 Å². The van der Waals surface area contributed by atoms with E-state index < -0.39 is 0 Å². The SMILES string of the molecule is CCc1cc(CC(NC)c2ccccc2Cl)n(C)n1. The summed E-state index contributed by atoms with van der Waals surface area (Å²) in [6.07, 6.45) is 1.84. The highest BCUT2D eigenvalue weighted by atomic mass is 35.5. The normalized spacial score (nSPS) is 12.6. The van der Waals surface area contributed by atoms with Gasteiger partial charge in [-0.2, -0.15) is 5.10 Å². The van der Waals surface area contributed by atoms with E-state index >= 15 is 0 Å². The molecule has 0 saturated carbocycles. The van der Waals surface area contributed by atoms with Crippen molar-refractivity contribution in [1.82, 2.24) is 15.1 Å². The third kappa shape index (κ3) is 3.17. The summed E-state index contributed by atoms with van der Waals surface area (Å²) in [5, 5.41) is 8.63. The van der Waals surface area contributed by atoms with Crippen LogP contribution in [0.25, 0.3) is 0 Å². The molecular formula is C15H20ClN3. The summed E-state index contributed by atoms with van der Waals surface area (Å²) >= 11 is 6.27. The van der Waals surface area contributed by atoms with Crippen molar-refractivity contribution in [1.29, 1.82) is 0 Å². The van der Waals surface area contributed by atoms with Gasteiger partial charge in [0.2, 0.25) is 0 Å². The first-order valence-corrected chi connectivity index (χ1v) is 6.97. The minimum atomic E-state index is 0.203. The van der Waals surface area contributed by atoms with Gasteiger partial charge in [-0.25, -0.2) is 0 Å². The van der Waals surface area contributed by atoms with Gasteiger partial charge in [0.05, 0.1) is 5.69 Å². The van der Waals surface area contributed by atoms with Gasteiger partial charge in [-0.3, -0.25) is 4.68 Å². The quantitative estimate of drug-likeness (QED) is 0.910. The third-order valence-electron chi connectivity index (χ3n) is 3.43. The number of aromatic nitrogens is 2. The minimum absolute atomic E-state index is 0.203. The van der Waals surface area contributed by atoms with Crippen molar-refractivity contribution in [3.05, 3.63) is 52.3 Å². The van der Waals surface area contributed by atoms with Crippen LogP contribution in [0.1, 0.15) is 29.9 Å². The molecule has 1 heterocycles. The van der Waals surface area contributed by atoms with Gasteiger partial charge in [0, 0.05) is 30.2 Å². The molecule has 102 valence electrons. The maximum absolute atomic E-state index is 6.27. The lowest BCUT2D eigenvalue weighted by atomic mass is 10.0. The van der Waals surface area contributed by atoms with Gasteiger partial charge < -0.3 is 5.32 Å². The maximum atomic E-state index is 6.27. The van der Waals surface area contributed by atoms with E-state index in [0.717, 1.165) is 29.1 Å². The Bertz CT molecular complexity index is 548. The predicted molar refractivity (Wildman–Crippen MR) is 79.5 cm³/mol. The van der Waals surface area contributed by atoms with Crippen LogP contribution >= 0.6 is 11.6 Å². The van der Waals surface area contributed by atoms with Crippen LogP contribution in [0.2, 0.25) is 5.02 Å². The number of benzene rings is 1. The molecule has 0 fully saturated rings. The highest BCUT2D eigenvalue weighted by molar-refractivity contribution is 6.31. The third-order valence-corrected chi connectivity index (χ3v) is 3.78. The van der Waals surface area contributed by atoms with Crippen molar-refractivity contribution < 1.29 is 0 Å². The van der Waals surface area contributed by atoms with E-state index in [0.29, 0.717) is 0 Å². The highest BCUT2D eigenvalue weighted by Crippen LogP contribution is 2.25. The standard InChI is InChI=1S/C15H20ClN3/c1-4-11-9-12(19(3)18-11)10-15(17-2)13-7-5-6-8-14(13)16/h5-9,15,17H,4,10H2,1-3H3. The lowest BCUT2D eigenvalue weighted by Gasteiger charge is -2.18. The molecule has 0 spiro atoms. The minimum Gasteiger partial charge on any atom is -0.313 e. The molecule has 19 heavy (non-hydrogen) atoms. The lowest BCUT2D eigenvalue weighted by molar-refractivity contribution is 0.561. The highest BCUT2D eigenvalue weighted by Gasteiger charge is 2.15. The Hall–Kier alpha value is -1.32. The molecular weight excluding hydrogens is 258 g/mol. The number of rotatable bonds is 5. The number of nitrogens with zero attached hydrogens (tertiary/aromatic N) is 2. The second-order valence-corrected chi connectivity index (χ2v) is 5.08. The van der Waals surface area contributed by atoms with Gasteiger partial charge in [-0.05, 0) is 31.2 Å². The van der Waals surface area contributed by atoms with E-state index in [1.165, 1.54) is 5.69 Å². The Labute approximate surface area is 119 Å². The van der Waals surface area contributed by atoms with Crippen molar-refractivity contribution in [3.8, 4) is 0 Å². The van der Waals surface area contributed by atoms with Crippen LogP contribution in [0, 0.1) is 0 Å². The fraction of sp³-hybridized carbons (Fsp3) is 0.400. The van der Waals surface area contributed by atoms with E-state index in [-0.39, 0.29) is 6.04 Å². The number of likely N-dealkylation sites (N-methyl/N-ethyl adjacent to an activating group) is 1. The Morgan fingerprint density at radius 2 is 2.11 bits per heavy atom. The monoisotopic (exact) mass is 277 g/mol. The van der Waals surface area contributed by atoms with Gasteiger partial charge in [0.25, 0.3) is 0 Å². The largest absolute Gasteiger partial charge is 0.313 e. The first kappa shape index (κ1) is 14.1. The van der Waals surface area contributed by atoms with Crippen LogP contribution in [0.15, 0.2) is 30.3 Å². The molecule has 0 saturated heterocycles. The molecule has 0 radical (unpaired) electrons. The zero-order chi connectivity index (χ0) is 13.8. The second kappa shape index (κ2) is 6.22. The molecule has 0 aliphatic heterocycles. The van der Waals surface area contributed by atoms with E-state index in [1.54, 1.807) is 0 Å². The second-order valence-electron chi connectivity index (χ2n) is 4.67. The van der Waals surface area contributed by atoms with E-state index in [9.17, 15) is 0 Å². The van der Waals surface area contributed by atoms with Gasteiger partial charge >= 0.3 is 0 Å². The molecule has 1 unspecified atom stereocenters. The molecule has 1 atom stereocenters. The van der Waals surface area contributed by atoms with Crippen LogP contribution < -0.4 is 5.32 Å². The Kier molecular flexibility index (Phi) is 4.61. The van der Waals surface area contributed by atoms with Crippen molar-refractivity contribution in [2.24, 2.45) is 7.05 Å². The summed E-state index contributed by atoms with van der Waals surface area (Å²) in [7, 11) is 3.96. The lowest BCUT2D eigenvalue weighted by Crippen LogP contribution is -2.20. The summed E-state index contributed by atoms with van der Waals surface area (Å²) in [4.78, 5) is 0. The van der Waals surface area contributed by atoms with Gasteiger partial charge in [-0.1, -0.05) is 36.7 Å². The van der Waals surface area contributed by atoms with Crippen LogP contribution in [0.4, 0.5) is 0 Å². The molecule has 2 rings (SSSR count). The maximum Gasteiger partial charge on any atom is 0.0624 e. The topological polar surface area (TPSA) is 29.9 Å². The Morgan fingerprint density at radius 1 is 1.37 bits per heavy atom. The summed E-state index contributed by atoms with van der Waals surface area (Å²) in [6, 6.07) is 10.3. The Balaban J connectivity index is 2.24. The molecule has 0 aliphatic rings.